The van der Waals surface area contributed by atoms with Gasteiger partial charge in [-0.3, -0.25) is 9.59 Å². The lowest BCUT2D eigenvalue weighted by atomic mass is 9.99. The lowest BCUT2D eigenvalue weighted by Crippen LogP contribution is -2.00. The van der Waals surface area contributed by atoms with E-state index < -0.39 is 0 Å². The summed E-state index contributed by atoms with van der Waals surface area (Å²) < 4.78 is 11.7. The van der Waals surface area contributed by atoms with Crippen molar-refractivity contribution in [3.8, 4) is 23.0 Å². The second-order valence-corrected chi connectivity index (χ2v) is 10.2. The molecule has 40 heavy (non-hydrogen) atoms. The molecule has 0 aliphatic heterocycles. The Morgan fingerprint density at radius 2 is 0.775 bits per heavy atom. The quantitative estimate of drug-likeness (QED) is 0.210. The maximum atomic E-state index is 11.6. The summed E-state index contributed by atoms with van der Waals surface area (Å²) in [5, 5.41) is 0. The molecule has 4 aromatic carbocycles. The third-order valence-electron chi connectivity index (χ3n) is 6.85. The van der Waals surface area contributed by atoms with Gasteiger partial charge in [-0.1, -0.05) is 38.1 Å². The van der Waals surface area contributed by atoms with Crippen LogP contribution in [0.3, 0.4) is 0 Å². The molecule has 4 rings (SSSR count). The second-order valence-electron chi connectivity index (χ2n) is 10.2. The second kappa shape index (κ2) is 13.7. The van der Waals surface area contributed by atoms with E-state index >= 15 is 0 Å². The number of carbonyl (C=O) groups excluding carboxylic acids is 2. The fourth-order valence-corrected chi connectivity index (χ4v) is 4.93. The van der Waals surface area contributed by atoms with Crippen LogP contribution < -0.4 is 9.47 Å². The number of Topliss-reactive ketones (excluding diaryl/α,β-unsaturated/α-hetero) is 2. The number of hydrogen-bond acceptors (Lipinski definition) is 4. The van der Waals surface area contributed by atoms with Crippen LogP contribution in [0.1, 0.15) is 81.8 Å². The molecule has 0 heterocycles. The van der Waals surface area contributed by atoms with Gasteiger partial charge in [-0.25, -0.2) is 0 Å². The number of rotatable bonds is 8. The summed E-state index contributed by atoms with van der Waals surface area (Å²) in [5.41, 5.74) is 7.98. The van der Waals surface area contributed by atoms with E-state index in [9.17, 15) is 9.59 Å². The first kappa shape index (κ1) is 30.4. The summed E-state index contributed by atoms with van der Waals surface area (Å²) in [5.74, 6) is 3.37. The van der Waals surface area contributed by atoms with Crippen LogP contribution in [0.2, 0.25) is 0 Å². The van der Waals surface area contributed by atoms with Crippen molar-refractivity contribution >= 4 is 11.6 Å². The lowest BCUT2D eigenvalue weighted by molar-refractivity contribution is 0.100. The van der Waals surface area contributed by atoms with E-state index in [4.69, 9.17) is 9.47 Å². The molecule has 0 spiro atoms. The largest absolute Gasteiger partial charge is 0.457 e. The van der Waals surface area contributed by atoms with Crippen LogP contribution in [0.5, 0.6) is 23.0 Å². The topological polar surface area (TPSA) is 52.6 Å². The molecule has 0 N–H and O–H groups in total. The smallest absolute Gasteiger partial charge is 0.160 e. The highest BCUT2D eigenvalue weighted by atomic mass is 16.5. The van der Waals surface area contributed by atoms with Gasteiger partial charge in [0.05, 0.1) is 0 Å². The molecule has 4 aromatic rings. The Labute approximate surface area is 239 Å². The zero-order chi connectivity index (χ0) is 29.4. The Kier molecular flexibility index (Phi) is 10.4. The SMILES string of the molecule is CCc1ccc(Oc2cc(C)c(C(C)=O)c(C)c2)cc1.CCc1ccc(Oc2cc(C)c(C(C)=O)c(C)c2)cc1. The average molecular weight is 537 g/mol. The molecule has 0 saturated carbocycles. The van der Waals surface area contributed by atoms with E-state index in [1.807, 2.05) is 76.2 Å². The molecule has 0 aliphatic carbocycles. The Bertz CT molecular complexity index is 1320. The minimum atomic E-state index is 0.0962. The van der Waals surface area contributed by atoms with Gasteiger partial charge in [-0.2, -0.15) is 0 Å². The van der Waals surface area contributed by atoms with Gasteiger partial charge in [-0.05, 0) is 136 Å². The van der Waals surface area contributed by atoms with Crippen molar-refractivity contribution in [1.29, 1.82) is 0 Å². The van der Waals surface area contributed by atoms with Crippen LogP contribution in [0, 0.1) is 27.7 Å². The van der Waals surface area contributed by atoms with Gasteiger partial charge < -0.3 is 9.47 Å². The van der Waals surface area contributed by atoms with E-state index in [-0.39, 0.29) is 11.6 Å². The van der Waals surface area contributed by atoms with E-state index in [1.54, 1.807) is 13.8 Å². The molecule has 0 saturated heterocycles. The molecule has 0 unspecified atom stereocenters. The molecule has 0 amide bonds. The molecule has 0 aromatic heterocycles. The van der Waals surface area contributed by atoms with Gasteiger partial charge in [0.15, 0.2) is 11.6 Å². The summed E-state index contributed by atoms with van der Waals surface area (Å²) in [6.45, 7) is 15.2. The van der Waals surface area contributed by atoms with E-state index in [0.717, 1.165) is 69.2 Å². The number of hydrogen-bond donors (Lipinski definition) is 0. The minimum Gasteiger partial charge on any atom is -0.457 e. The standard InChI is InChI=1S/2C18H20O2/c2*1-5-15-6-8-16(9-7-15)20-17-10-12(2)18(14(4)19)13(3)11-17/h2*6-11H,5H2,1-4H3. The first-order valence-electron chi connectivity index (χ1n) is 13.8. The normalized spacial score (nSPS) is 10.4. The van der Waals surface area contributed by atoms with Crippen LogP contribution in [-0.4, -0.2) is 11.6 Å². The molecule has 0 fully saturated rings. The number of aryl methyl sites for hydroxylation is 6. The fraction of sp³-hybridized carbons (Fsp3) is 0.278. The van der Waals surface area contributed by atoms with Gasteiger partial charge in [0.25, 0.3) is 0 Å². The Morgan fingerprint density at radius 1 is 0.500 bits per heavy atom. The number of ketones is 2. The van der Waals surface area contributed by atoms with Crippen LogP contribution in [-0.2, 0) is 12.8 Å². The molecule has 0 aliphatic rings. The average Bonchev–Trinajstić information content (AvgIpc) is 2.89. The minimum absolute atomic E-state index is 0.0962. The number of ether oxygens (including phenoxy) is 2. The highest BCUT2D eigenvalue weighted by molar-refractivity contribution is 5.97. The number of benzene rings is 4. The maximum Gasteiger partial charge on any atom is 0.160 e. The van der Waals surface area contributed by atoms with Crippen molar-refractivity contribution in [1.82, 2.24) is 0 Å². The van der Waals surface area contributed by atoms with Crippen LogP contribution >= 0.6 is 0 Å². The Balaban J connectivity index is 0.000000220. The van der Waals surface area contributed by atoms with Crippen LogP contribution in [0.4, 0.5) is 0 Å². The van der Waals surface area contributed by atoms with E-state index in [0.29, 0.717) is 0 Å². The zero-order valence-corrected chi connectivity index (χ0v) is 25.0. The predicted molar refractivity (Wildman–Crippen MR) is 164 cm³/mol. The van der Waals surface area contributed by atoms with E-state index in [1.165, 1.54) is 11.1 Å². The van der Waals surface area contributed by atoms with Crippen LogP contribution in [0.15, 0.2) is 72.8 Å². The summed E-state index contributed by atoms with van der Waals surface area (Å²) in [4.78, 5) is 23.2. The molecular weight excluding hydrogens is 496 g/mol. The van der Waals surface area contributed by atoms with E-state index in [2.05, 4.69) is 38.1 Å². The molecular formula is C36H40O4. The Morgan fingerprint density at radius 3 is 1.00 bits per heavy atom. The van der Waals surface area contributed by atoms with Gasteiger partial charge in [0.1, 0.15) is 23.0 Å². The highest BCUT2D eigenvalue weighted by Crippen LogP contribution is 2.28. The predicted octanol–water partition coefficient (Wildman–Crippen LogP) is 9.72. The first-order chi connectivity index (χ1) is 19.0. The van der Waals surface area contributed by atoms with Gasteiger partial charge in [0.2, 0.25) is 0 Å². The van der Waals surface area contributed by atoms with Crippen molar-refractivity contribution < 1.29 is 19.1 Å². The first-order valence-corrected chi connectivity index (χ1v) is 13.8. The zero-order valence-electron chi connectivity index (χ0n) is 25.0. The van der Waals surface area contributed by atoms with Gasteiger partial charge in [-0.15, -0.1) is 0 Å². The molecule has 4 nitrogen and oxygen atoms in total. The van der Waals surface area contributed by atoms with Crippen molar-refractivity contribution in [3.63, 3.8) is 0 Å². The highest BCUT2D eigenvalue weighted by Gasteiger charge is 2.11. The summed E-state index contributed by atoms with van der Waals surface area (Å²) in [6.07, 6.45) is 2.04. The molecule has 4 heteroatoms. The van der Waals surface area contributed by atoms with Crippen LogP contribution in [0.25, 0.3) is 0 Å². The van der Waals surface area contributed by atoms with Crippen molar-refractivity contribution in [2.45, 2.75) is 68.2 Å². The summed E-state index contributed by atoms with van der Waals surface area (Å²) >= 11 is 0. The van der Waals surface area contributed by atoms with Crippen molar-refractivity contribution in [2.24, 2.45) is 0 Å². The third kappa shape index (κ3) is 7.92. The maximum absolute atomic E-state index is 11.6. The number of carbonyl (C=O) groups is 2. The monoisotopic (exact) mass is 536 g/mol. The van der Waals surface area contributed by atoms with Crippen molar-refractivity contribution in [3.05, 3.63) is 117 Å². The third-order valence-corrected chi connectivity index (χ3v) is 6.85. The van der Waals surface area contributed by atoms with Gasteiger partial charge in [0, 0.05) is 11.1 Å². The Hall–Kier alpha value is -4.18. The molecule has 208 valence electrons. The molecule has 0 radical (unpaired) electrons. The summed E-state index contributed by atoms with van der Waals surface area (Å²) in [7, 11) is 0. The molecule has 0 bridgehead atoms. The van der Waals surface area contributed by atoms with Gasteiger partial charge >= 0.3 is 0 Å². The summed E-state index contributed by atoms with van der Waals surface area (Å²) in [6, 6.07) is 23.8. The lowest BCUT2D eigenvalue weighted by Gasteiger charge is -2.11. The molecule has 0 atom stereocenters. The van der Waals surface area contributed by atoms with Crippen molar-refractivity contribution in [2.75, 3.05) is 0 Å². The fourth-order valence-electron chi connectivity index (χ4n) is 4.93.